The molecule has 146 valence electrons. The summed E-state index contributed by atoms with van der Waals surface area (Å²) in [5, 5.41) is 5.44. The topological polar surface area (TPSA) is 95.2 Å². The van der Waals surface area contributed by atoms with E-state index in [1.54, 1.807) is 18.3 Å². The van der Waals surface area contributed by atoms with Gasteiger partial charge in [-0.2, -0.15) is 0 Å². The maximum absolute atomic E-state index is 13.0. The highest BCUT2D eigenvalue weighted by molar-refractivity contribution is 6.33. The van der Waals surface area contributed by atoms with E-state index in [0.29, 0.717) is 22.8 Å². The molecule has 3 aromatic rings. The Hall–Kier alpha value is -3.14. The average Bonchev–Trinajstić information content (AvgIpc) is 3.01. The molecule has 3 N–H and O–H groups in total. The Bertz CT molecular complexity index is 1050. The molecule has 1 saturated heterocycles. The van der Waals surface area contributed by atoms with E-state index in [9.17, 15) is 13.6 Å². The Balaban J connectivity index is 1.45. The highest BCUT2D eigenvalue weighted by atomic mass is 35.5. The van der Waals surface area contributed by atoms with Crippen LogP contribution in [0.3, 0.4) is 0 Å². The fourth-order valence-electron chi connectivity index (χ4n) is 2.87. The molecule has 28 heavy (non-hydrogen) atoms. The van der Waals surface area contributed by atoms with Gasteiger partial charge in [0.1, 0.15) is 11.3 Å². The Kier molecular flexibility index (Phi) is 4.42. The lowest BCUT2D eigenvalue weighted by molar-refractivity contribution is -0.0266. The van der Waals surface area contributed by atoms with Crippen LogP contribution in [0, 0.1) is 0 Å². The van der Waals surface area contributed by atoms with Crippen molar-refractivity contribution in [2.75, 3.05) is 35.7 Å². The summed E-state index contributed by atoms with van der Waals surface area (Å²) in [6.07, 6.45) is 2.96. The number of fused-ring (bicyclic) bond motifs is 1. The lowest BCUT2D eigenvalue weighted by Gasteiger charge is -2.39. The molecule has 0 spiro atoms. The third-order valence-corrected chi connectivity index (χ3v) is 4.46. The second kappa shape index (κ2) is 6.79. The van der Waals surface area contributed by atoms with E-state index in [-0.39, 0.29) is 10.8 Å². The first kappa shape index (κ1) is 18.2. The highest BCUT2D eigenvalue weighted by Gasteiger charge is 2.45. The monoisotopic (exact) mass is 408 g/mol. The number of ether oxygens (including phenoxy) is 1. The molecule has 4 rings (SSSR count). The Morgan fingerprint density at radius 1 is 1.36 bits per heavy atom. The molecule has 11 heteroatoms. The van der Waals surface area contributed by atoms with Crippen LogP contribution in [0.15, 0.2) is 30.6 Å². The van der Waals surface area contributed by atoms with Crippen LogP contribution in [0.4, 0.5) is 30.8 Å². The highest BCUT2D eigenvalue weighted by Crippen LogP contribution is 2.35. The van der Waals surface area contributed by atoms with Crippen LogP contribution in [0.2, 0.25) is 5.02 Å². The zero-order valence-corrected chi connectivity index (χ0v) is 15.3. The van der Waals surface area contributed by atoms with Crippen molar-refractivity contribution in [3.63, 3.8) is 0 Å². The molecule has 1 aliphatic heterocycles. The van der Waals surface area contributed by atoms with Gasteiger partial charge in [0.15, 0.2) is 0 Å². The average molecular weight is 409 g/mol. The van der Waals surface area contributed by atoms with Gasteiger partial charge >= 0.3 is 6.03 Å². The molecule has 1 fully saturated rings. The summed E-state index contributed by atoms with van der Waals surface area (Å²) in [5.41, 5.74) is 2.06. The number of methoxy groups -OCH3 is 1. The first-order chi connectivity index (χ1) is 13.3. The van der Waals surface area contributed by atoms with Gasteiger partial charge in [-0.25, -0.2) is 23.5 Å². The van der Waals surface area contributed by atoms with E-state index >= 15 is 0 Å². The fourth-order valence-corrected chi connectivity index (χ4v) is 3.15. The predicted molar refractivity (Wildman–Crippen MR) is 102 cm³/mol. The predicted octanol–water partition coefficient (Wildman–Crippen LogP) is 3.72. The molecule has 0 atom stereocenters. The molecule has 1 aliphatic rings. The van der Waals surface area contributed by atoms with Crippen molar-refractivity contribution in [1.82, 2.24) is 15.0 Å². The van der Waals surface area contributed by atoms with Crippen molar-refractivity contribution in [2.45, 2.75) is 5.92 Å². The van der Waals surface area contributed by atoms with Gasteiger partial charge in [-0.05, 0) is 12.1 Å². The molecule has 0 saturated carbocycles. The van der Waals surface area contributed by atoms with Crippen molar-refractivity contribution < 1.29 is 18.3 Å². The zero-order valence-electron chi connectivity index (χ0n) is 14.6. The summed E-state index contributed by atoms with van der Waals surface area (Å²) in [6.45, 7) is -0.853. The number of rotatable bonds is 4. The third-order valence-electron chi connectivity index (χ3n) is 4.18. The quantitative estimate of drug-likeness (QED) is 0.611. The molecule has 2 amide bonds. The number of halogens is 3. The minimum atomic E-state index is -2.72. The van der Waals surface area contributed by atoms with Crippen LogP contribution in [0.25, 0.3) is 11.0 Å². The summed E-state index contributed by atoms with van der Waals surface area (Å²) >= 11 is 6.12. The number of amides is 2. The molecular formula is C17H15ClF2N6O2. The summed E-state index contributed by atoms with van der Waals surface area (Å²) in [5.74, 6) is -2.05. The van der Waals surface area contributed by atoms with Crippen molar-refractivity contribution in [2.24, 2.45) is 0 Å². The van der Waals surface area contributed by atoms with E-state index < -0.39 is 25.0 Å². The number of hydrogen-bond donors (Lipinski definition) is 3. The third kappa shape index (κ3) is 3.50. The maximum Gasteiger partial charge on any atom is 0.323 e. The Morgan fingerprint density at radius 3 is 2.82 bits per heavy atom. The van der Waals surface area contributed by atoms with Crippen LogP contribution in [-0.2, 0) is 0 Å². The standard InChI is InChI=1S/C17H15ClF2N6O2/c1-28-13-3-2-11-14(25-13)12(6-21-11)24-16(27)23-9-4-10(18)15(22-5-9)26-7-17(19,20)8-26/h2-6,21H,7-8H2,1H3,(H2,23,24,27). The summed E-state index contributed by atoms with van der Waals surface area (Å²) < 4.78 is 31.1. The summed E-state index contributed by atoms with van der Waals surface area (Å²) in [4.78, 5) is 25.0. The number of carbonyl (C=O) groups is 1. The van der Waals surface area contributed by atoms with E-state index in [2.05, 4.69) is 25.6 Å². The Labute approximate surface area is 162 Å². The first-order valence-corrected chi connectivity index (χ1v) is 8.61. The molecule has 4 heterocycles. The van der Waals surface area contributed by atoms with Crippen molar-refractivity contribution in [3.05, 3.63) is 35.6 Å². The number of aromatic amines is 1. The van der Waals surface area contributed by atoms with E-state index in [1.807, 2.05) is 0 Å². The normalized spacial score (nSPS) is 15.2. The van der Waals surface area contributed by atoms with Gasteiger partial charge in [-0.1, -0.05) is 11.6 Å². The van der Waals surface area contributed by atoms with Gasteiger partial charge in [0.2, 0.25) is 5.88 Å². The minimum Gasteiger partial charge on any atom is -0.481 e. The second-order valence-electron chi connectivity index (χ2n) is 6.27. The molecule has 0 radical (unpaired) electrons. The minimum absolute atomic E-state index is 0.173. The number of carbonyl (C=O) groups excluding carboxylic acids is 1. The number of anilines is 3. The fraction of sp³-hybridized carbons (Fsp3) is 0.235. The first-order valence-electron chi connectivity index (χ1n) is 8.23. The van der Waals surface area contributed by atoms with Crippen LogP contribution in [0.5, 0.6) is 5.88 Å². The lowest BCUT2D eigenvalue weighted by atomic mass is 10.1. The van der Waals surface area contributed by atoms with Crippen molar-refractivity contribution in [3.8, 4) is 5.88 Å². The molecular weight excluding hydrogens is 394 g/mol. The van der Waals surface area contributed by atoms with Crippen LogP contribution in [-0.4, -0.2) is 47.1 Å². The molecule has 3 aromatic heterocycles. The number of H-pyrrole nitrogens is 1. The van der Waals surface area contributed by atoms with Gasteiger partial charge < -0.3 is 25.3 Å². The number of alkyl halides is 2. The number of hydrogen-bond acceptors (Lipinski definition) is 5. The van der Waals surface area contributed by atoms with E-state index in [1.165, 1.54) is 24.3 Å². The number of urea groups is 1. The zero-order chi connectivity index (χ0) is 19.9. The molecule has 0 aliphatic carbocycles. The van der Waals surface area contributed by atoms with Crippen LogP contribution >= 0.6 is 11.6 Å². The van der Waals surface area contributed by atoms with Gasteiger partial charge in [-0.15, -0.1) is 0 Å². The maximum atomic E-state index is 13.0. The summed E-state index contributed by atoms with van der Waals surface area (Å²) in [7, 11) is 1.50. The number of aromatic nitrogens is 3. The van der Waals surface area contributed by atoms with Gasteiger partial charge in [0, 0.05) is 12.3 Å². The molecule has 0 unspecified atom stereocenters. The molecule has 8 nitrogen and oxygen atoms in total. The van der Waals surface area contributed by atoms with E-state index in [4.69, 9.17) is 16.3 Å². The largest absolute Gasteiger partial charge is 0.481 e. The molecule has 0 bridgehead atoms. The second-order valence-corrected chi connectivity index (χ2v) is 6.68. The van der Waals surface area contributed by atoms with Gasteiger partial charge in [-0.3, -0.25) is 0 Å². The number of nitrogens with one attached hydrogen (secondary N) is 3. The smallest absolute Gasteiger partial charge is 0.323 e. The number of pyridine rings is 2. The van der Waals surface area contributed by atoms with Gasteiger partial charge in [0.25, 0.3) is 5.92 Å². The Morgan fingerprint density at radius 2 is 2.14 bits per heavy atom. The summed E-state index contributed by atoms with van der Waals surface area (Å²) in [6, 6.07) is 4.40. The lowest BCUT2D eigenvalue weighted by Crippen LogP contribution is -2.56. The number of nitrogens with zero attached hydrogens (tertiary/aromatic N) is 3. The molecule has 0 aromatic carbocycles. The van der Waals surface area contributed by atoms with Crippen LogP contribution < -0.4 is 20.3 Å². The van der Waals surface area contributed by atoms with Crippen molar-refractivity contribution in [1.29, 1.82) is 0 Å². The van der Waals surface area contributed by atoms with E-state index in [0.717, 1.165) is 5.52 Å². The van der Waals surface area contributed by atoms with Crippen molar-refractivity contribution >= 4 is 45.9 Å². The SMILES string of the molecule is COc1ccc2[nH]cc(NC(=O)Nc3cnc(N4CC(F)(F)C4)c(Cl)c3)c2n1. The van der Waals surface area contributed by atoms with Crippen LogP contribution in [0.1, 0.15) is 0 Å². The van der Waals surface area contributed by atoms with Gasteiger partial charge in [0.05, 0.1) is 48.3 Å².